The third kappa shape index (κ3) is 5.00. The molecule has 0 saturated heterocycles. The Kier molecular flexibility index (Phi) is 6.13. The second kappa shape index (κ2) is 9.14. The number of anilines is 3. The van der Waals surface area contributed by atoms with E-state index in [4.69, 9.17) is 9.72 Å². The summed E-state index contributed by atoms with van der Waals surface area (Å²) >= 11 is 0. The Morgan fingerprint density at radius 1 is 0.839 bits per heavy atom. The van der Waals surface area contributed by atoms with E-state index in [1.54, 1.807) is 0 Å². The highest BCUT2D eigenvalue weighted by Crippen LogP contribution is 2.27. The van der Waals surface area contributed by atoms with Gasteiger partial charge in [-0.05, 0) is 74.9 Å². The fraction of sp³-hybridized carbons (Fsp3) is 0.167. The maximum Gasteiger partial charge on any atom is 0.182 e. The van der Waals surface area contributed by atoms with Gasteiger partial charge in [0.15, 0.2) is 22.6 Å². The molecule has 7 heteroatoms. The van der Waals surface area contributed by atoms with Crippen LogP contribution in [-0.4, -0.2) is 20.8 Å². The predicted octanol–water partition coefficient (Wildman–Crippen LogP) is 5.52. The van der Waals surface area contributed by atoms with Crippen molar-refractivity contribution in [2.24, 2.45) is 0 Å². The molecule has 4 rings (SSSR count). The van der Waals surface area contributed by atoms with Crippen molar-refractivity contribution in [1.82, 2.24) is 9.97 Å². The molecule has 0 radical (unpaired) electrons. The van der Waals surface area contributed by atoms with Crippen LogP contribution in [0.4, 0.5) is 17.3 Å². The molecule has 1 unspecified atom stereocenters. The van der Waals surface area contributed by atoms with Crippen LogP contribution in [0.1, 0.15) is 18.1 Å². The number of aryl methyl sites for hydroxylation is 2. The van der Waals surface area contributed by atoms with Crippen LogP contribution < -0.4 is 14.8 Å². The molecule has 0 aliphatic carbocycles. The minimum atomic E-state index is -1.48. The lowest BCUT2D eigenvalue weighted by Crippen LogP contribution is -2.10. The van der Waals surface area contributed by atoms with Gasteiger partial charge in [0, 0.05) is 5.69 Å². The van der Waals surface area contributed by atoms with Gasteiger partial charge < -0.3 is 10.1 Å². The lowest BCUT2D eigenvalue weighted by molar-refractivity contribution is 0.340. The van der Waals surface area contributed by atoms with Crippen molar-refractivity contribution in [3.8, 4) is 5.75 Å². The molecule has 0 aliphatic rings. The monoisotopic (exact) mass is 432 g/mol. The summed E-state index contributed by atoms with van der Waals surface area (Å²) in [5.74, 6) is 1.72. The van der Waals surface area contributed by atoms with Crippen LogP contribution >= 0.6 is 0 Å². The van der Waals surface area contributed by atoms with Crippen molar-refractivity contribution >= 4 is 39.3 Å². The van der Waals surface area contributed by atoms with Crippen molar-refractivity contribution < 1.29 is 8.95 Å². The quantitative estimate of drug-likeness (QED) is 0.402. The molecule has 4 aromatic rings. The number of hydrogen-bond donors (Lipinski definition) is 2. The first-order valence-electron chi connectivity index (χ1n) is 10.1. The molecule has 158 valence electrons. The van der Waals surface area contributed by atoms with Crippen molar-refractivity contribution in [3.05, 3.63) is 77.9 Å². The topological polar surface area (TPSA) is 76.1 Å². The highest BCUT2D eigenvalue weighted by atomic mass is 32.2. The molecule has 1 heterocycles. The van der Waals surface area contributed by atoms with E-state index >= 15 is 0 Å². The van der Waals surface area contributed by atoms with Gasteiger partial charge in [0.2, 0.25) is 0 Å². The number of aromatic nitrogens is 2. The second-order valence-corrected chi connectivity index (χ2v) is 8.39. The van der Waals surface area contributed by atoms with E-state index in [0.717, 1.165) is 33.6 Å². The summed E-state index contributed by atoms with van der Waals surface area (Å²) in [7, 11) is -1.48. The smallest absolute Gasteiger partial charge is 0.182 e. The average Bonchev–Trinajstić information content (AvgIpc) is 2.76. The standard InChI is InChI=1S/C24H24N4O2S/c1-4-30-19-10-8-18(9-11-19)25-23-24(26-21-14-7-17(3)15-22(21)27-23)28-31(29)20-12-5-16(2)6-13-20/h5-15H,4H2,1-3H3,(H,25,27)(H,26,28). The minimum absolute atomic E-state index is 0.421. The highest BCUT2D eigenvalue weighted by molar-refractivity contribution is 7.86. The van der Waals surface area contributed by atoms with Gasteiger partial charge in [0.05, 0.1) is 22.5 Å². The molecule has 1 atom stereocenters. The minimum Gasteiger partial charge on any atom is -0.494 e. The summed E-state index contributed by atoms with van der Waals surface area (Å²) in [6.07, 6.45) is 0. The summed E-state index contributed by atoms with van der Waals surface area (Å²) in [6, 6.07) is 21.0. The molecule has 0 amide bonds. The zero-order valence-electron chi connectivity index (χ0n) is 17.7. The molecule has 3 aromatic carbocycles. The third-order valence-corrected chi connectivity index (χ3v) is 5.75. The first kappa shape index (κ1) is 20.8. The van der Waals surface area contributed by atoms with Crippen molar-refractivity contribution in [3.63, 3.8) is 0 Å². The highest BCUT2D eigenvalue weighted by Gasteiger charge is 2.13. The summed E-state index contributed by atoms with van der Waals surface area (Å²) in [6.45, 7) is 6.57. The Labute approximate surface area is 184 Å². The van der Waals surface area contributed by atoms with E-state index in [1.165, 1.54) is 0 Å². The molecule has 6 nitrogen and oxygen atoms in total. The zero-order chi connectivity index (χ0) is 21.8. The first-order chi connectivity index (χ1) is 15.0. The molecule has 1 aromatic heterocycles. The second-order valence-electron chi connectivity index (χ2n) is 7.18. The Morgan fingerprint density at radius 3 is 2.23 bits per heavy atom. The molecule has 0 fully saturated rings. The Hall–Kier alpha value is -3.45. The van der Waals surface area contributed by atoms with Gasteiger partial charge in [-0.1, -0.05) is 23.8 Å². The van der Waals surface area contributed by atoms with Crippen LogP contribution in [-0.2, 0) is 11.0 Å². The van der Waals surface area contributed by atoms with Gasteiger partial charge in [-0.2, -0.15) is 0 Å². The van der Waals surface area contributed by atoms with E-state index in [-0.39, 0.29) is 0 Å². The molecule has 31 heavy (non-hydrogen) atoms. The van der Waals surface area contributed by atoms with E-state index in [1.807, 2.05) is 87.5 Å². The Bertz CT molecular complexity index is 1230. The molecule has 0 bridgehead atoms. The first-order valence-corrected chi connectivity index (χ1v) is 11.2. The molecule has 2 N–H and O–H groups in total. The number of nitrogens with one attached hydrogen (secondary N) is 2. The molecule has 0 aliphatic heterocycles. The number of benzene rings is 3. The number of rotatable bonds is 7. The lowest BCUT2D eigenvalue weighted by Gasteiger charge is -2.14. The fourth-order valence-electron chi connectivity index (χ4n) is 3.07. The maximum atomic E-state index is 12.9. The summed E-state index contributed by atoms with van der Waals surface area (Å²) in [5, 5.41) is 3.29. The molecule has 0 saturated carbocycles. The summed E-state index contributed by atoms with van der Waals surface area (Å²) < 4.78 is 21.4. The Balaban J connectivity index is 1.69. The Morgan fingerprint density at radius 2 is 1.52 bits per heavy atom. The fourth-order valence-corrected chi connectivity index (χ4v) is 3.89. The van der Waals surface area contributed by atoms with Crippen LogP contribution in [0.2, 0.25) is 0 Å². The van der Waals surface area contributed by atoms with Crippen LogP contribution in [0, 0.1) is 13.8 Å². The van der Waals surface area contributed by atoms with E-state index in [9.17, 15) is 4.21 Å². The number of nitrogens with zero attached hydrogens (tertiary/aromatic N) is 2. The van der Waals surface area contributed by atoms with E-state index in [0.29, 0.717) is 23.1 Å². The lowest BCUT2D eigenvalue weighted by atomic mass is 10.2. The van der Waals surface area contributed by atoms with E-state index < -0.39 is 11.0 Å². The zero-order valence-corrected chi connectivity index (χ0v) is 18.5. The van der Waals surface area contributed by atoms with Gasteiger partial charge in [-0.15, -0.1) is 0 Å². The van der Waals surface area contributed by atoms with Gasteiger partial charge in [0.25, 0.3) is 0 Å². The molecular formula is C24H24N4O2S. The molecule has 0 spiro atoms. The van der Waals surface area contributed by atoms with Crippen LogP contribution in [0.5, 0.6) is 5.75 Å². The van der Waals surface area contributed by atoms with Gasteiger partial charge >= 0.3 is 0 Å². The average molecular weight is 433 g/mol. The predicted molar refractivity (Wildman–Crippen MR) is 126 cm³/mol. The maximum absolute atomic E-state index is 12.9. The van der Waals surface area contributed by atoms with Crippen LogP contribution in [0.15, 0.2) is 71.6 Å². The number of fused-ring (bicyclic) bond motifs is 1. The van der Waals surface area contributed by atoms with Crippen molar-refractivity contribution in [2.75, 3.05) is 16.6 Å². The number of hydrogen-bond acceptors (Lipinski definition) is 5. The van der Waals surface area contributed by atoms with Crippen molar-refractivity contribution in [1.29, 1.82) is 0 Å². The van der Waals surface area contributed by atoms with Crippen molar-refractivity contribution in [2.45, 2.75) is 25.7 Å². The van der Waals surface area contributed by atoms with E-state index in [2.05, 4.69) is 15.0 Å². The van der Waals surface area contributed by atoms with Gasteiger partial charge in [-0.25, -0.2) is 14.2 Å². The SMILES string of the molecule is CCOc1ccc(Nc2nc3cc(C)ccc3nc2NS(=O)c2ccc(C)cc2)cc1. The number of ether oxygens (including phenoxy) is 1. The summed E-state index contributed by atoms with van der Waals surface area (Å²) in [4.78, 5) is 10.1. The summed E-state index contributed by atoms with van der Waals surface area (Å²) in [5.41, 5.74) is 4.53. The third-order valence-electron chi connectivity index (χ3n) is 4.67. The van der Waals surface area contributed by atoms with Gasteiger partial charge in [-0.3, -0.25) is 4.72 Å². The normalized spacial score (nSPS) is 11.8. The van der Waals surface area contributed by atoms with Crippen LogP contribution in [0.3, 0.4) is 0 Å². The largest absolute Gasteiger partial charge is 0.494 e. The molecular weight excluding hydrogens is 408 g/mol. The van der Waals surface area contributed by atoms with Gasteiger partial charge in [0.1, 0.15) is 5.75 Å². The van der Waals surface area contributed by atoms with Crippen LogP contribution in [0.25, 0.3) is 11.0 Å².